The Morgan fingerprint density at radius 3 is 2.90 bits per heavy atom. The molecule has 1 fully saturated rings. The molecule has 1 saturated heterocycles. The highest BCUT2D eigenvalue weighted by molar-refractivity contribution is 5.59. The van der Waals surface area contributed by atoms with Crippen LogP contribution in [0.5, 0.6) is 0 Å². The van der Waals surface area contributed by atoms with Gasteiger partial charge in [-0.1, -0.05) is 12.1 Å². The zero-order chi connectivity index (χ0) is 21.8. The smallest absolute Gasteiger partial charge is 0.251 e. The van der Waals surface area contributed by atoms with Gasteiger partial charge in [0.15, 0.2) is 0 Å². The number of aromatic nitrogens is 3. The number of alkyl halides is 1. The van der Waals surface area contributed by atoms with E-state index in [1.165, 1.54) is 41.2 Å². The topological polar surface area (TPSA) is 89.3 Å². The van der Waals surface area contributed by atoms with Gasteiger partial charge in [0.25, 0.3) is 5.56 Å². The molecule has 0 spiro atoms. The van der Waals surface area contributed by atoms with Crippen LogP contribution in [0.1, 0.15) is 18.0 Å². The first kappa shape index (κ1) is 21.1. The highest BCUT2D eigenvalue weighted by Gasteiger charge is 2.26. The van der Waals surface area contributed by atoms with Crippen LogP contribution >= 0.6 is 0 Å². The first-order valence-electron chi connectivity index (χ1n) is 9.95. The zero-order valence-corrected chi connectivity index (χ0v) is 16.6. The molecule has 1 aromatic carbocycles. The third-order valence-corrected chi connectivity index (χ3v) is 5.24. The Morgan fingerprint density at radius 2 is 2.16 bits per heavy atom. The summed E-state index contributed by atoms with van der Waals surface area (Å²) in [5, 5.41) is 12.8. The minimum atomic E-state index is -1.15. The Balaban J connectivity index is 1.58. The van der Waals surface area contributed by atoms with E-state index in [1.54, 1.807) is 18.2 Å². The lowest BCUT2D eigenvalue weighted by molar-refractivity contribution is 0.0284. The van der Waals surface area contributed by atoms with Crippen LogP contribution in [0.4, 0.5) is 14.7 Å². The van der Waals surface area contributed by atoms with Crippen LogP contribution in [0.2, 0.25) is 0 Å². The molecule has 7 nitrogen and oxygen atoms in total. The summed E-state index contributed by atoms with van der Waals surface area (Å²) in [6.45, 7) is 0.139. The van der Waals surface area contributed by atoms with E-state index < -0.39 is 24.1 Å². The number of aliphatic hydroxyl groups excluding tert-OH is 1. The molecule has 3 atom stereocenters. The van der Waals surface area contributed by atoms with Crippen LogP contribution in [0, 0.1) is 5.82 Å². The van der Waals surface area contributed by atoms with Crippen molar-refractivity contribution < 1.29 is 18.6 Å². The normalized spacial score (nSPS) is 19.7. The van der Waals surface area contributed by atoms with Crippen molar-refractivity contribution in [1.29, 1.82) is 0 Å². The van der Waals surface area contributed by atoms with Crippen molar-refractivity contribution in [3.8, 4) is 11.3 Å². The number of hydrogen-bond donors (Lipinski definition) is 2. The van der Waals surface area contributed by atoms with Crippen molar-refractivity contribution in [3.05, 3.63) is 76.6 Å². The van der Waals surface area contributed by atoms with Gasteiger partial charge in [0.1, 0.15) is 12.0 Å². The molecule has 3 heterocycles. The van der Waals surface area contributed by atoms with Crippen LogP contribution in [0.3, 0.4) is 0 Å². The molecule has 2 N–H and O–H groups in total. The van der Waals surface area contributed by atoms with E-state index in [9.17, 15) is 18.7 Å². The standard InChI is InChI=1S/C22H22F2N4O3/c23-16-3-1-2-15(10-16)20(12-29)28-8-5-14(11-21(28)30)18-4-7-25-22(26-18)27-19-6-9-31-13-17(19)24/h1-5,7-8,10-11,17,19-20,29H,6,9,12-13H2,(H,25,26,27)/t17?,19?,20-/m1/s1. The quantitative estimate of drug-likeness (QED) is 0.627. The van der Waals surface area contributed by atoms with E-state index in [1.807, 2.05) is 0 Å². The molecule has 9 heteroatoms. The van der Waals surface area contributed by atoms with Gasteiger partial charge in [-0.05, 0) is 36.2 Å². The van der Waals surface area contributed by atoms with Crippen molar-refractivity contribution in [2.45, 2.75) is 24.7 Å². The average molecular weight is 428 g/mol. The number of benzene rings is 1. The summed E-state index contributed by atoms with van der Waals surface area (Å²) in [5.41, 5.74) is 1.16. The maximum atomic E-state index is 14.0. The molecular weight excluding hydrogens is 406 g/mol. The Bertz CT molecular complexity index is 1110. The third kappa shape index (κ3) is 4.78. The molecule has 162 valence electrons. The minimum Gasteiger partial charge on any atom is -0.394 e. The summed E-state index contributed by atoms with van der Waals surface area (Å²) < 4.78 is 34.0. The van der Waals surface area contributed by atoms with Crippen LogP contribution < -0.4 is 10.9 Å². The van der Waals surface area contributed by atoms with Crippen LogP contribution in [0.15, 0.2) is 59.7 Å². The molecule has 0 aliphatic carbocycles. The number of aliphatic hydroxyl groups is 1. The fourth-order valence-corrected chi connectivity index (χ4v) is 3.60. The van der Waals surface area contributed by atoms with Crippen molar-refractivity contribution in [1.82, 2.24) is 14.5 Å². The second-order valence-corrected chi connectivity index (χ2v) is 7.31. The summed E-state index contributed by atoms with van der Waals surface area (Å²) in [6, 6.07) is 9.35. The largest absolute Gasteiger partial charge is 0.394 e. The van der Waals surface area contributed by atoms with Gasteiger partial charge in [0, 0.05) is 30.6 Å². The summed E-state index contributed by atoms with van der Waals surface area (Å²) in [4.78, 5) is 21.3. The Morgan fingerprint density at radius 1 is 1.29 bits per heavy atom. The highest BCUT2D eigenvalue weighted by atomic mass is 19.1. The molecule has 4 rings (SSSR count). The molecule has 0 saturated carbocycles. The second kappa shape index (κ2) is 9.32. The second-order valence-electron chi connectivity index (χ2n) is 7.31. The van der Waals surface area contributed by atoms with Gasteiger partial charge in [0.2, 0.25) is 5.95 Å². The number of nitrogens with zero attached hydrogens (tertiary/aromatic N) is 3. The van der Waals surface area contributed by atoms with Gasteiger partial charge in [-0.2, -0.15) is 0 Å². The van der Waals surface area contributed by atoms with Crippen molar-refractivity contribution in [2.75, 3.05) is 25.1 Å². The molecule has 2 aromatic heterocycles. The van der Waals surface area contributed by atoms with Crippen molar-refractivity contribution >= 4 is 5.95 Å². The molecule has 1 aliphatic heterocycles. The van der Waals surface area contributed by atoms with Crippen LogP contribution in [-0.2, 0) is 4.74 Å². The van der Waals surface area contributed by atoms with Gasteiger partial charge in [0.05, 0.1) is 31.0 Å². The number of halogens is 2. The van der Waals surface area contributed by atoms with E-state index in [-0.39, 0.29) is 24.7 Å². The van der Waals surface area contributed by atoms with Crippen molar-refractivity contribution in [3.63, 3.8) is 0 Å². The molecule has 0 radical (unpaired) electrons. The van der Waals surface area contributed by atoms with E-state index in [4.69, 9.17) is 4.74 Å². The fourth-order valence-electron chi connectivity index (χ4n) is 3.60. The van der Waals surface area contributed by atoms with E-state index in [2.05, 4.69) is 15.3 Å². The first-order chi connectivity index (χ1) is 15.0. The lowest BCUT2D eigenvalue weighted by atomic mass is 10.1. The molecule has 31 heavy (non-hydrogen) atoms. The highest BCUT2D eigenvalue weighted by Crippen LogP contribution is 2.21. The summed E-state index contributed by atoms with van der Waals surface area (Å²) >= 11 is 0. The SMILES string of the molecule is O=c1cc(-c2ccnc(NC3CCOCC3F)n2)ccn1[C@H](CO)c1cccc(F)c1. The minimum absolute atomic E-state index is 0.0346. The Kier molecular flexibility index (Phi) is 6.34. The van der Waals surface area contributed by atoms with Gasteiger partial charge in [-0.25, -0.2) is 18.7 Å². The predicted octanol–water partition coefficient (Wildman–Crippen LogP) is 2.57. The van der Waals surface area contributed by atoms with Gasteiger partial charge in [-0.3, -0.25) is 4.79 Å². The number of nitrogens with one attached hydrogen (secondary N) is 1. The van der Waals surface area contributed by atoms with Gasteiger partial charge in [-0.15, -0.1) is 0 Å². The fraction of sp³-hybridized carbons (Fsp3) is 0.318. The summed E-state index contributed by atoms with van der Waals surface area (Å²) in [7, 11) is 0. The molecular formula is C22H22F2N4O3. The molecule has 0 bridgehead atoms. The average Bonchev–Trinajstić information content (AvgIpc) is 2.77. The van der Waals surface area contributed by atoms with E-state index in [0.29, 0.717) is 29.8 Å². The Labute approximate surface area is 177 Å². The number of pyridine rings is 1. The summed E-state index contributed by atoms with van der Waals surface area (Å²) in [5.74, 6) is -0.175. The van der Waals surface area contributed by atoms with Crippen molar-refractivity contribution in [2.24, 2.45) is 0 Å². The maximum Gasteiger partial charge on any atom is 0.251 e. The molecule has 0 amide bonds. The van der Waals surface area contributed by atoms with Gasteiger partial charge < -0.3 is 19.7 Å². The van der Waals surface area contributed by atoms with E-state index >= 15 is 0 Å². The van der Waals surface area contributed by atoms with Gasteiger partial charge >= 0.3 is 0 Å². The first-order valence-corrected chi connectivity index (χ1v) is 9.95. The van der Waals surface area contributed by atoms with E-state index in [0.717, 1.165) is 0 Å². The monoisotopic (exact) mass is 428 g/mol. The number of hydrogen-bond acceptors (Lipinski definition) is 6. The number of ether oxygens (including phenoxy) is 1. The molecule has 3 aromatic rings. The number of rotatable bonds is 6. The maximum absolute atomic E-state index is 14.0. The lowest BCUT2D eigenvalue weighted by Crippen LogP contribution is -2.39. The lowest BCUT2D eigenvalue weighted by Gasteiger charge is -2.26. The Hall–Kier alpha value is -3.17. The number of anilines is 1. The van der Waals surface area contributed by atoms with Crippen LogP contribution in [-0.4, -0.2) is 51.7 Å². The third-order valence-electron chi connectivity index (χ3n) is 5.24. The van der Waals surface area contributed by atoms with Crippen LogP contribution in [0.25, 0.3) is 11.3 Å². The molecule has 2 unspecified atom stereocenters. The predicted molar refractivity (Wildman–Crippen MR) is 111 cm³/mol. The zero-order valence-electron chi connectivity index (χ0n) is 16.6. The summed E-state index contributed by atoms with van der Waals surface area (Å²) in [6.07, 6.45) is 2.43. The molecule has 1 aliphatic rings.